The monoisotopic (exact) mass is 424 g/mol. The zero-order chi connectivity index (χ0) is 21.7. The van der Waals surface area contributed by atoms with E-state index in [1.165, 1.54) is 23.5 Å². The third-order valence-electron chi connectivity index (χ3n) is 4.48. The van der Waals surface area contributed by atoms with Crippen molar-refractivity contribution in [3.8, 4) is 34.4 Å². The lowest BCUT2D eigenvalue weighted by molar-refractivity contribution is 0.0769. The lowest BCUT2D eigenvalue weighted by Gasteiger charge is -2.20. The number of terminal acetylenes is 1. The van der Waals surface area contributed by atoms with E-state index in [1.54, 1.807) is 44.2 Å². The maximum absolute atomic E-state index is 13.2. The number of nitrogens with zero attached hydrogens (tertiary/aromatic N) is 2. The molecule has 2 aromatic carbocycles. The Labute approximate surface area is 179 Å². The van der Waals surface area contributed by atoms with Crippen LogP contribution in [0.5, 0.6) is 11.5 Å². The van der Waals surface area contributed by atoms with Crippen molar-refractivity contribution in [1.82, 2.24) is 9.88 Å². The summed E-state index contributed by atoms with van der Waals surface area (Å²) < 4.78 is 23.8. The number of ether oxygens (including phenoxy) is 2. The summed E-state index contributed by atoms with van der Waals surface area (Å²) >= 11 is 1.29. The van der Waals surface area contributed by atoms with Crippen molar-refractivity contribution in [2.24, 2.45) is 0 Å². The van der Waals surface area contributed by atoms with Crippen LogP contribution in [0.1, 0.15) is 20.9 Å². The van der Waals surface area contributed by atoms with Gasteiger partial charge in [-0.1, -0.05) is 18.1 Å². The van der Waals surface area contributed by atoms with E-state index in [1.807, 2.05) is 12.1 Å². The van der Waals surface area contributed by atoms with Crippen molar-refractivity contribution in [1.29, 1.82) is 0 Å². The quantitative estimate of drug-likeness (QED) is 0.522. The minimum atomic E-state index is -0.327. The molecule has 7 heteroatoms. The van der Waals surface area contributed by atoms with Gasteiger partial charge in [-0.05, 0) is 42.8 Å². The Morgan fingerprint density at radius 3 is 2.50 bits per heavy atom. The normalized spacial score (nSPS) is 10.4. The molecule has 0 saturated carbocycles. The largest absolute Gasteiger partial charge is 0.493 e. The van der Waals surface area contributed by atoms with Crippen LogP contribution in [0, 0.1) is 25.1 Å². The molecule has 0 unspecified atom stereocenters. The molecular formula is C23H21FN2O3S. The predicted octanol–water partition coefficient (Wildman–Crippen LogP) is 4.55. The highest BCUT2D eigenvalue weighted by Crippen LogP contribution is 2.35. The summed E-state index contributed by atoms with van der Waals surface area (Å²) in [4.78, 5) is 19.8. The molecule has 0 aliphatic heterocycles. The highest BCUT2D eigenvalue weighted by atomic mass is 32.1. The van der Waals surface area contributed by atoms with Gasteiger partial charge in [-0.3, -0.25) is 4.79 Å². The molecule has 0 saturated heterocycles. The molecule has 3 rings (SSSR count). The number of amides is 1. The Morgan fingerprint density at radius 2 is 1.87 bits per heavy atom. The maximum Gasteiger partial charge on any atom is 0.266 e. The standard InChI is InChI=1S/C23H21FN2O3S/c1-5-12-26(14-16-6-9-18(24)10-7-16)23(27)21-15(2)25-22(30-21)17-8-11-19(28-3)20(13-17)29-4/h1,6-11,13H,12,14H2,2-4H3. The van der Waals surface area contributed by atoms with Crippen LogP contribution < -0.4 is 9.47 Å². The second-order valence-corrected chi connectivity index (χ2v) is 7.49. The molecule has 0 atom stereocenters. The van der Waals surface area contributed by atoms with E-state index in [0.717, 1.165) is 11.1 Å². The van der Waals surface area contributed by atoms with Crippen LogP contribution in [-0.4, -0.2) is 36.6 Å². The number of rotatable bonds is 7. The van der Waals surface area contributed by atoms with Crippen molar-refractivity contribution in [2.45, 2.75) is 13.5 Å². The third-order valence-corrected chi connectivity index (χ3v) is 5.67. The number of hydrogen-bond donors (Lipinski definition) is 0. The highest BCUT2D eigenvalue weighted by Gasteiger charge is 2.22. The van der Waals surface area contributed by atoms with Crippen molar-refractivity contribution in [3.63, 3.8) is 0 Å². The van der Waals surface area contributed by atoms with Gasteiger partial charge in [-0.25, -0.2) is 9.37 Å². The van der Waals surface area contributed by atoms with Crippen LogP contribution >= 0.6 is 11.3 Å². The fraction of sp³-hybridized carbons (Fsp3) is 0.217. The van der Waals surface area contributed by atoms with Gasteiger partial charge in [0.25, 0.3) is 5.91 Å². The Balaban J connectivity index is 1.89. The van der Waals surface area contributed by atoms with Crippen LogP contribution in [0.15, 0.2) is 42.5 Å². The summed E-state index contributed by atoms with van der Waals surface area (Å²) in [6, 6.07) is 11.5. The fourth-order valence-corrected chi connectivity index (χ4v) is 3.98. The van der Waals surface area contributed by atoms with E-state index >= 15 is 0 Å². The predicted molar refractivity (Wildman–Crippen MR) is 115 cm³/mol. The van der Waals surface area contributed by atoms with E-state index in [-0.39, 0.29) is 24.8 Å². The maximum atomic E-state index is 13.2. The Morgan fingerprint density at radius 1 is 1.17 bits per heavy atom. The van der Waals surface area contributed by atoms with Gasteiger partial charge in [0, 0.05) is 12.1 Å². The average Bonchev–Trinajstić information content (AvgIpc) is 3.15. The van der Waals surface area contributed by atoms with Gasteiger partial charge in [0.15, 0.2) is 11.5 Å². The first-order valence-corrected chi connectivity index (χ1v) is 9.95. The molecule has 154 valence electrons. The molecule has 0 aliphatic carbocycles. The summed E-state index contributed by atoms with van der Waals surface area (Å²) in [6.07, 6.45) is 5.47. The molecule has 1 amide bonds. The van der Waals surface area contributed by atoms with Crippen LogP contribution in [0.3, 0.4) is 0 Å². The van der Waals surface area contributed by atoms with Gasteiger partial charge in [0.2, 0.25) is 0 Å². The molecule has 1 heterocycles. The summed E-state index contributed by atoms with van der Waals surface area (Å²) in [7, 11) is 3.14. The summed E-state index contributed by atoms with van der Waals surface area (Å²) in [5.74, 6) is 3.18. The van der Waals surface area contributed by atoms with Gasteiger partial charge in [0.1, 0.15) is 15.7 Å². The second-order valence-electron chi connectivity index (χ2n) is 6.50. The number of methoxy groups -OCH3 is 2. The zero-order valence-corrected chi connectivity index (χ0v) is 17.8. The first-order valence-electron chi connectivity index (χ1n) is 9.13. The smallest absolute Gasteiger partial charge is 0.266 e. The van der Waals surface area contributed by atoms with E-state index < -0.39 is 0 Å². The van der Waals surface area contributed by atoms with Crippen LogP contribution in [0.4, 0.5) is 4.39 Å². The molecule has 0 aliphatic rings. The molecular weight excluding hydrogens is 403 g/mol. The average molecular weight is 424 g/mol. The van der Waals surface area contributed by atoms with Crippen molar-refractivity contribution in [2.75, 3.05) is 20.8 Å². The van der Waals surface area contributed by atoms with Crippen molar-refractivity contribution in [3.05, 3.63) is 64.4 Å². The molecule has 0 fully saturated rings. The highest BCUT2D eigenvalue weighted by molar-refractivity contribution is 7.17. The van der Waals surface area contributed by atoms with E-state index in [4.69, 9.17) is 15.9 Å². The number of aryl methyl sites for hydroxylation is 1. The van der Waals surface area contributed by atoms with Gasteiger partial charge in [-0.2, -0.15) is 0 Å². The minimum absolute atomic E-state index is 0.138. The molecule has 0 N–H and O–H groups in total. The Kier molecular flexibility index (Phi) is 6.70. The first-order chi connectivity index (χ1) is 14.5. The second kappa shape index (κ2) is 9.42. The lowest BCUT2D eigenvalue weighted by atomic mass is 10.2. The number of benzene rings is 2. The number of hydrogen-bond acceptors (Lipinski definition) is 5. The number of halogens is 1. The lowest BCUT2D eigenvalue weighted by Crippen LogP contribution is -2.30. The molecule has 3 aromatic rings. The third kappa shape index (κ3) is 4.61. The molecule has 1 aromatic heterocycles. The van der Waals surface area contributed by atoms with Crippen LogP contribution in [0.25, 0.3) is 10.6 Å². The van der Waals surface area contributed by atoms with Gasteiger partial charge >= 0.3 is 0 Å². The van der Waals surface area contributed by atoms with E-state index in [2.05, 4.69) is 10.9 Å². The van der Waals surface area contributed by atoms with Gasteiger partial charge in [0.05, 0.1) is 26.5 Å². The molecule has 5 nitrogen and oxygen atoms in total. The Hall–Kier alpha value is -3.37. The molecule has 0 spiro atoms. The van der Waals surface area contributed by atoms with Crippen molar-refractivity contribution < 1.29 is 18.7 Å². The fourth-order valence-electron chi connectivity index (χ4n) is 2.95. The SMILES string of the molecule is C#CCN(Cc1ccc(F)cc1)C(=O)c1sc(-c2ccc(OC)c(OC)c2)nc1C. The molecule has 0 bridgehead atoms. The number of thiazole rings is 1. The molecule has 30 heavy (non-hydrogen) atoms. The van der Waals surface area contributed by atoms with E-state index in [9.17, 15) is 9.18 Å². The van der Waals surface area contributed by atoms with Gasteiger partial charge in [-0.15, -0.1) is 17.8 Å². The Bertz CT molecular complexity index is 1090. The molecule has 0 radical (unpaired) electrons. The van der Waals surface area contributed by atoms with Crippen LogP contribution in [-0.2, 0) is 6.54 Å². The van der Waals surface area contributed by atoms with Crippen molar-refractivity contribution >= 4 is 17.2 Å². The summed E-state index contributed by atoms with van der Waals surface area (Å²) in [5.41, 5.74) is 2.24. The first kappa shape index (κ1) is 21.3. The minimum Gasteiger partial charge on any atom is -0.493 e. The number of carbonyl (C=O) groups is 1. The van der Waals surface area contributed by atoms with E-state index in [0.29, 0.717) is 27.1 Å². The van der Waals surface area contributed by atoms with Gasteiger partial charge < -0.3 is 14.4 Å². The summed E-state index contributed by atoms with van der Waals surface area (Å²) in [5, 5.41) is 0.694. The zero-order valence-electron chi connectivity index (χ0n) is 16.9. The number of aromatic nitrogens is 1. The topological polar surface area (TPSA) is 51.7 Å². The number of carbonyl (C=O) groups excluding carboxylic acids is 1. The summed E-state index contributed by atoms with van der Waals surface area (Å²) in [6.45, 7) is 2.21. The van der Waals surface area contributed by atoms with Crippen LogP contribution in [0.2, 0.25) is 0 Å².